The third kappa shape index (κ3) is 3.51. The molecule has 0 fully saturated rings. The summed E-state index contributed by atoms with van der Waals surface area (Å²) in [6.45, 7) is 7.85. The maximum atomic E-state index is 13.6. The molecule has 0 atom stereocenters. The van der Waals surface area contributed by atoms with Gasteiger partial charge in [-0.2, -0.15) is 0 Å². The molecule has 0 spiro atoms. The van der Waals surface area contributed by atoms with Gasteiger partial charge in [-0.3, -0.25) is 0 Å². The van der Waals surface area contributed by atoms with Gasteiger partial charge in [0.15, 0.2) is 0 Å². The fraction of sp³-hybridized carbons (Fsp3) is 0.250. The molecule has 0 bridgehead atoms. The summed E-state index contributed by atoms with van der Waals surface area (Å²) in [6, 6.07) is 18.2. The minimum absolute atomic E-state index is 0.418. The summed E-state index contributed by atoms with van der Waals surface area (Å²) in [5, 5.41) is 1.75. The molecule has 1 aliphatic carbocycles. The molecule has 6 rings (SSSR count). The van der Waals surface area contributed by atoms with Crippen molar-refractivity contribution in [2.45, 2.75) is 52.9 Å². The van der Waals surface area contributed by atoms with E-state index in [0.29, 0.717) is 22.3 Å². The zero-order valence-electron chi connectivity index (χ0n) is 21.0. The Labute approximate surface area is 209 Å². The van der Waals surface area contributed by atoms with Crippen molar-refractivity contribution in [2.75, 3.05) is 0 Å². The van der Waals surface area contributed by atoms with Crippen molar-refractivity contribution in [3.63, 3.8) is 0 Å². The fourth-order valence-electron chi connectivity index (χ4n) is 5.87. The van der Waals surface area contributed by atoms with Crippen molar-refractivity contribution in [2.24, 2.45) is 0 Å². The Morgan fingerprint density at radius 1 is 0.639 bits per heavy atom. The van der Waals surface area contributed by atoms with Gasteiger partial charge in [0.05, 0.1) is 11.1 Å². The van der Waals surface area contributed by atoms with E-state index in [1.807, 2.05) is 64.1 Å². The number of hydrogen-bond donors (Lipinski definition) is 0. The highest BCUT2D eigenvalue weighted by Gasteiger charge is 2.30. The molecule has 5 aromatic rings. The highest BCUT2D eigenvalue weighted by atomic mass is 16.4. The molecule has 180 valence electrons. The molecule has 4 nitrogen and oxygen atoms in total. The lowest BCUT2D eigenvalue weighted by Gasteiger charge is -2.22. The summed E-state index contributed by atoms with van der Waals surface area (Å²) in [7, 11) is 0. The Morgan fingerprint density at radius 2 is 1.17 bits per heavy atom. The van der Waals surface area contributed by atoms with E-state index in [1.54, 1.807) is 0 Å². The molecular formula is C32H28O4. The molecule has 3 aromatic carbocycles. The molecule has 1 aliphatic rings. The molecule has 0 radical (unpaired) electrons. The normalized spacial score (nSPS) is 13.1. The first-order chi connectivity index (χ1) is 17.3. The third-order valence-electron chi connectivity index (χ3n) is 7.77. The highest BCUT2D eigenvalue weighted by molar-refractivity contribution is 5.84. The van der Waals surface area contributed by atoms with E-state index in [4.69, 9.17) is 8.83 Å². The Kier molecular flexibility index (Phi) is 5.22. The maximum absolute atomic E-state index is 13.6. The van der Waals surface area contributed by atoms with Gasteiger partial charge in [-0.05, 0) is 98.0 Å². The van der Waals surface area contributed by atoms with Crippen molar-refractivity contribution >= 4 is 21.9 Å². The lowest BCUT2D eigenvalue weighted by Crippen LogP contribution is -2.23. The smallest absolute Gasteiger partial charge is 0.340 e. The van der Waals surface area contributed by atoms with Gasteiger partial charge in [0.2, 0.25) is 0 Å². The van der Waals surface area contributed by atoms with E-state index >= 15 is 0 Å². The number of fused-ring (bicyclic) bond motifs is 3. The van der Waals surface area contributed by atoms with Crippen LogP contribution in [-0.4, -0.2) is 0 Å². The van der Waals surface area contributed by atoms with Crippen LogP contribution in [0, 0.1) is 27.7 Å². The zero-order valence-corrected chi connectivity index (χ0v) is 21.0. The van der Waals surface area contributed by atoms with Crippen LogP contribution >= 0.6 is 0 Å². The predicted octanol–water partition coefficient (Wildman–Crippen LogP) is 6.80. The maximum Gasteiger partial charge on any atom is 0.340 e. The topological polar surface area (TPSA) is 60.4 Å². The minimum Gasteiger partial charge on any atom is -0.422 e. The second kappa shape index (κ2) is 8.34. The molecule has 36 heavy (non-hydrogen) atoms. The second-order valence-corrected chi connectivity index (χ2v) is 10.2. The van der Waals surface area contributed by atoms with Crippen molar-refractivity contribution in [1.82, 2.24) is 0 Å². The Bertz CT molecular complexity index is 1700. The lowest BCUT2D eigenvalue weighted by atomic mass is 9.80. The average molecular weight is 477 g/mol. The van der Waals surface area contributed by atoms with E-state index < -0.39 is 17.2 Å². The second-order valence-electron chi connectivity index (χ2n) is 10.2. The predicted molar refractivity (Wildman–Crippen MR) is 143 cm³/mol. The van der Waals surface area contributed by atoms with Crippen molar-refractivity contribution < 1.29 is 8.83 Å². The van der Waals surface area contributed by atoms with Gasteiger partial charge < -0.3 is 8.83 Å². The largest absolute Gasteiger partial charge is 0.422 e. The summed E-state index contributed by atoms with van der Waals surface area (Å²) < 4.78 is 11.7. The van der Waals surface area contributed by atoms with Gasteiger partial charge in [0, 0.05) is 16.7 Å². The number of aryl methyl sites for hydroxylation is 6. The van der Waals surface area contributed by atoms with E-state index in [9.17, 15) is 9.59 Å². The quantitative estimate of drug-likeness (QED) is 0.269. The van der Waals surface area contributed by atoms with Gasteiger partial charge >= 0.3 is 11.3 Å². The van der Waals surface area contributed by atoms with Crippen LogP contribution in [0.3, 0.4) is 0 Å². The molecule has 0 amide bonds. The van der Waals surface area contributed by atoms with Gasteiger partial charge in [-0.1, -0.05) is 42.5 Å². The Balaban J connectivity index is 1.71. The van der Waals surface area contributed by atoms with Crippen LogP contribution in [0.25, 0.3) is 21.9 Å². The van der Waals surface area contributed by atoms with Gasteiger partial charge in [-0.25, -0.2) is 9.59 Å². The first-order valence-electron chi connectivity index (χ1n) is 12.5. The number of hydrogen-bond acceptors (Lipinski definition) is 4. The first kappa shape index (κ1) is 22.5. The van der Waals surface area contributed by atoms with Crippen molar-refractivity contribution in [3.05, 3.63) is 126 Å². The van der Waals surface area contributed by atoms with E-state index in [0.717, 1.165) is 57.9 Å². The van der Waals surface area contributed by atoms with Gasteiger partial charge in [-0.15, -0.1) is 0 Å². The zero-order chi connectivity index (χ0) is 25.1. The van der Waals surface area contributed by atoms with Crippen molar-refractivity contribution in [1.29, 1.82) is 0 Å². The lowest BCUT2D eigenvalue weighted by molar-refractivity contribution is 0.533. The Morgan fingerprint density at radius 3 is 1.72 bits per heavy atom. The van der Waals surface area contributed by atoms with Crippen LogP contribution in [0.15, 0.2) is 73.0 Å². The molecule has 0 aliphatic heterocycles. The summed E-state index contributed by atoms with van der Waals surface area (Å²) in [5.74, 6) is -0.597. The van der Waals surface area contributed by atoms with Crippen LogP contribution in [0.2, 0.25) is 0 Å². The van der Waals surface area contributed by atoms with Gasteiger partial charge in [0.1, 0.15) is 11.2 Å². The Hall–Kier alpha value is -3.92. The van der Waals surface area contributed by atoms with Crippen LogP contribution in [0.4, 0.5) is 0 Å². The van der Waals surface area contributed by atoms with Crippen molar-refractivity contribution in [3.8, 4) is 0 Å². The van der Waals surface area contributed by atoms with Crippen LogP contribution in [0.1, 0.15) is 62.4 Å². The van der Waals surface area contributed by atoms with Gasteiger partial charge in [0.25, 0.3) is 0 Å². The third-order valence-corrected chi connectivity index (χ3v) is 7.77. The van der Waals surface area contributed by atoms with E-state index in [-0.39, 0.29) is 0 Å². The fourth-order valence-corrected chi connectivity index (χ4v) is 5.87. The molecule has 0 saturated carbocycles. The first-order valence-corrected chi connectivity index (χ1v) is 12.5. The van der Waals surface area contributed by atoms with E-state index in [1.165, 1.54) is 11.1 Å². The summed E-state index contributed by atoms with van der Waals surface area (Å²) in [6.07, 6.45) is 3.19. The van der Waals surface area contributed by atoms with Crippen LogP contribution < -0.4 is 11.3 Å². The molecular weight excluding hydrogens is 448 g/mol. The minimum atomic E-state index is -0.597. The molecule has 0 unspecified atom stereocenters. The number of rotatable bonds is 3. The molecule has 4 heteroatoms. The molecule has 2 aromatic heterocycles. The molecule has 2 heterocycles. The summed E-state index contributed by atoms with van der Waals surface area (Å²) in [4.78, 5) is 27.2. The van der Waals surface area contributed by atoms with Crippen LogP contribution in [-0.2, 0) is 12.8 Å². The monoisotopic (exact) mass is 476 g/mol. The summed E-state index contributed by atoms with van der Waals surface area (Å²) in [5.41, 5.74) is 8.52. The summed E-state index contributed by atoms with van der Waals surface area (Å²) >= 11 is 0. The SMILES string of the molecule is Cc1ccc2c(C)c(C(c3ccc4c(c3)CCC4)c3c(C)c4ccc(C)cc4oc3=O)c(=O)oc2c1. The standard InChI is InChI=1S/C32H28O4/c1-17-8-12-24-19(3)28(31(33)35-26(24)14-17)30(23-11-10-21-6-5-7-22(21)16-23)29-20(4)25-13-9-18(2)15-27(25)36-32(29)34/h8-16,30H,5-7H2,1-4H3. The number of benzene rings is 3. The molecule has 0 saturated heterocycles. The van der Waals surface area contributed by atoms with E-state index in [2.05, 4.69) is 18.2 Å². The molecule has 0 N–H and O–H groups in total. The van der Waals surface area contributed by atoms with Crippen LogP contribution in [0.5, 0.6) is 0 Å². The average Bonchev–Trinajstić information content (AvgIpc) is 3.30. The highest BCUT2D eigenvalue weighted by Crippen LogP contribution is 2.38.